The summed E-state index contributed by atoms with van der Waals surface area (Å²) < 4.78 is 50.1. The van der Waals surface area contributed by atoms with Crippen LogP contribution in [0, 0.1) is 11.6 Å². The first-order valence-electron chi connectivity index (χ1n) is 16.8. The Balaban J connectivity index is 1.62. The summed E-state index contributed by atoms with van der Waals surface area (Å²) in [6, 6.07) is 22.1. The smallest absolute Gasteiger partial charge is 0.308 e. The Bertz CT molecular complexity index is 1780. The molecule has 2 heterocycles. The summed E-state index contributed by atoms with van der Waals surface area (Å²) in [4.78, 5) is 27.1. The van der Waals surface area contributed by atoms with Gasteiger partial charge in [-0.1, -0.05) is 62.4 Å². The van der Waals surface area contributed by atoms with Gasteiger partial charge in [0.2, 0.25) is 0 Å². The molecule has 2 unspecified atom stereocenters. The van der Waals surface area contributed by atoms with Crippen molar-refractivity contribution in [3.05, 3.63) is 102 Å². The van der Waals surface area contributed by atoms with Crippen molar-refractivity contribution in [3.8, 4) is 22.4 Å². The molecule has 0 radical (unpaired) electrons. The first-order valence-corrected chi connectivity index (χ1v) is 16.8. The molecule has 1 amide bonds. The van der Waals surface area contributed by atoms with Gasteiger partial charge in [-0.25, -0.2) is 8.78 Å². The number of nitrogens with one attached hydrogen (secondary N) is 1. The van der Waals surface area contributed by atoms with Crippen LogP contribution in [0.1, 0.15) is 89.7 Å². The monoisotopic (exact) mass is 672 g/mol. The third-order valence-corrected chi connectivity index (χ3v) is 8.27. The normalized spacial score (nSPS) is 17.6. The van der Waals surface area contributed by atoms with E-state index < -0.39 is 29.1 Å². The molecule has 1 saturated heterocycles. The molecule has 3 aromatic carbocycles. The summed E-state index contributed by atoms with van der Waals surface area (Å²) in [6.45, 7) is 13.4. The average Bonchev–Trinajstić information content (AvgIpc) is 3.34. The van der Waals surface area contributed by atoms with E-state index in [9.17, 15) is 14.0 Å². The number of esters is 1. The number of ether oxygens (including phenoxy) is 3. The number of hydrogen-bond donors (Lipinski definition) is 1. The lowest BCUT2D eigenvalue weighted by molar-refractivity contribution is -0.301. The highest BCUT2D eigenvalue weighted by molar-refractivity contribution is 6.12. The average molecular weight is 673 g/mol. The lowest BCUT2D eigenvalue weighted by atomic mass is 9.94. The number of carbonyl (C=O) groups excluding carboxylic acids is 2. The quantitative estimate of drug-likeness (QED) is 0.170. The second-order valence-electron chi connectivity index (χ2n) is 14.3. The van der Waals surface area contributed by atoms with Crippen molar-refractivity contribution in [2.75, 3.05) is 5.32 Å². The molecular weight excluding hydrogens is 626 g/mol. The Labute approximate surface area is 287 Å². The van der Waals surface area contributed by atoms with E-state index in [1.807, 2.05) is 114 Å². The van der Waals surface area contributed by atoms with Crippen molar-refractivity contribution in [2.24, 2.45) is 0 Å². The maximum atomic E-state index is 15.8. The van der Waals surface area contributed by atoms with Crippen LogP contribution in [-0.2, 0) is 25.5 Å². The number of amides is 1. The number of halogens is 2. The van der Waals surface area contributed by atoms with E-state index in [4.69, 9.17) is 14.2 Å². The van der Waals surface area contributed by atoms with E-state index in [-0.39, 0.29) is 35.9 Å². The number of rotatable bonds is 10. The Kier molecular flexibility index (Phi) is 10.7. The Morgan fingerprint density at radius 1 is 0.959 bits per heavy atom. The standard InChI is InChI=1S/C40H46F2N2O5/c1-25(2)36-35(38(46)43-28-16-12-9-13-17-28)34(26-14-10-8-11-15-26)37(31-19-18-27(41)22-32(31)42)44(36)21-20-29-23-30(48-40(6,7)47-29)24-33(45)49-39(3,4)5/h8-19,22,25,29-30H,20-21,23-24H2,1-7H3,(H,43,46). The number of nitrogens with zero attached hydrogens (tertiary/aromatic N) is 1. The Morgan fingerprint density at radius 2 is 1.59 bits per heavy atom. The van der Waals surface area contributed by atoms with Gasteiger partial charge in [0, 0.05) is 41.5 Å². The fourth-order valence-electron chi connectivity index (χ4n) is 6.63. The van der Waals surface area contributed by atoms with Gasteiger partial charge in [-0.15, -0.1) is 0 Å². The summed E-state index contributed by atoms with van der Waals surface area (Å²) in [6.07, 6.45) is 0.226. The molecule has 2 atom stereocenters. The van der Waals surface area contributed by atoms with E-state index in [1.54, 1.807) is 0 Å². The van der Waals surface area contributed by atoms with E-state index in [2.05, 4.69) is 5.32 Å². The van der Waals surface area contributed by atoms with Gasteiger partial charge in [-0.3, -0.25) is 9.59 Å². The zero-order chi connectivity index (χ0) is 35.5. The van der Waals surface area contributed by atoms with Crippen LogP contribution in [0.4, 0.5) is 14.5 Å². The number of benzene rings is 3. The maximum absolute atomic E-state index is 15.8. The largest absolute Gasteiger partial charge is 0.460 e. The predicted octanol–water partition coefficient (Wildman–Crippen LogP) is 9.51. The van der Waals surface area contributed by atoms with Gasteiger partial charge >= 0.3 is 5.97 Å². The first-order chi connectivity index (χ1) is 23.1. The third-order valence-electron chi connectivity index (χ3n) is 8.27. The third kappa shape index (κ3) is 8.83. The van der Waals surface area contributed by atoms with Gasteiger partial charge in [-0.05, 0) is 76.8 Å². The second kappa shape index (κ2) is 14.6. The zero-order valence-electron chi connectivity index (χ0n) is 29.3. The number of carbonyl (C=O) groups is 2. The minimum absolute atomic E-state index is 0.0787. The van der Waals surface area contributed by atoms with Crippen molar-refractivity contribution < 1.29 is 32.6 Å². The Morgan fingerprint density at radius 3 is 2.20 bits per heavy atom. The lowest BCUT2D eigenvalue weighted by Gasteiger charge is -2.41. The minimum atomic E-state index is -0.963. The zero-order valence-corrected chi connectivity index (χ0v) is 29.3. The molecule has 0 bridgehead atoms. The highest BCUT2D eigenvalue weighted by Crippen LogP contribution is 2.44. The molecule has 260 valence electrons. The minimum Gasteiger partial charge on any atom is -0.460 e. The highest BCUT2D eigenvalue weighted by Gasteiger charge is 2.38. The van der Waals surface area contributed by atoms with Crippen molar-refractivity contribution in [3.63, 3.8) is 0 Å². The molecule has 0 aliphatic carbocycles. The van der Waals surface area contributed by atoms with Crippen LogP contribution >= 0.6 is 0 Å². The summed E-state index contributed by atoms with van der Waals surface area (Å²) in [7, 11) is 0. The number of para-hydroxylation sites is 1. The fraction of sp³-hybridized carbons (Fsp3) is 0.400. The van der Waals surface area contributed by atoms with Crippen molar-refractivity contribution >= 4 is 17.6 Å². The molecule has 49 heavy (non-hydrogen) atoms. The van der Waals surface area contributed by atoms with Crippen LogP contribution in [-0.4, -0.2) is 40.0 Å². The Hall–Kier alpha value is -4.34. The van der Waals surface area contributed by atoms with Gasteiger partial charge in [0.15, 0.2) is 5.79 Å². The summed E-state index contributed by atoms with van der Waals surface area (Å²) in [5, 5.41) is 3.04. The number of hydrogen-bond acceptors (Lipinski definition) is 5. The highest BCUT2D eigenvalue weighted by atomic mass is 19.1. The van der Waals surface area contributed by atoms with Crippen LogP contribution in [0.15, 0.2) is 78.9 Å². The summed E-state index contributed by atoms with van der Waals surface area (Å²) in [5.74, 6) is -3.24. The molecule has 0 saturated carbocycles. The SMILES string of the molecule is CC(C)c1c(C(=O)Nc2ccccc2)c(-c2ccccc2)c(-c2ccc(F)cc2F)n1CCC1CC(CC(=O)OC(C)(C)C)OC(C)(C)O1. The van der Waals surface area contributed by atoms with Crippen molar-refractivity contribution in [1.29, 1.82) is 0 Å². The molecule has 1 aromatic heterocycles. The molecule has 9 heteroatoms. The van der Waals surface area contributed by atoms with Gasteiger partial charge in [0.25, 0.3) is 5.91 Å². The van der Waals surface area contributed by atoms with Crippen LogP contribution in [0.25, 0.3) is 22.4 Å². The van der Waals surface area contributed by atoms with Crippen molar-refractivity contribution in [1.82, 2.24) is 4.57 Å². The van der Waals surface area contributed by atoms with E-state index in [0.29, 0.717) is 47.6 Å². The maximum Gasteiger partial charge on any atom is 0.308 e. The summed E-state index contributed by atoms with van der Waals surface area (Å²) >= 11 is 0. The first kappa shape index (κ1) is 36.0. The molecule has 1 fully saturated rings. The summed E-state index contributed by atoms with van der Waals surface area (Å²) in [5.41, 5.74) is 3.06. The van der Waals surface area contributed by atoms with Gasteiger partial charge in [0.1, 0.15) is 17.2 Å². The topological polar surface area (TPSA) is 78.8 Å². The van der Waals surface area contributed by atoms with Crippen molar-refractivity contribution in [2.45, 2.75) is 104 Å². The second-order valence-corrected chi connectivity index (χ2v) is 14.3. The number of anilines is 1. The van der Waals surface area contributed by atoms with Gasteiger partial charge < -0.3 is 24.1 Å². The molecule has 1 aliphatic heterocycles. The van der Waals surface area contributed by atoms with Crippen LogP contribution in [0.3, 0.4) is 0 Å². The molecule has 1 aliphatic rings. The molecule has 0 spiro atoms. The molecule has 1 N–H and O–H groups in total. The van der Waals surface area contributed by atoms with E-state index in [0.717, 1.165) is 11.6 Å². The van der Waals surface area contributed by atoms with Gasteiger partial charge in [0.05, 0.1) is 29.9 Å². The van der Waals surface area contributed by atoms with Crippen LogP contribution < -0.4 is 5.32 Å². The predicted molar refractivity (Wildman–Crippen MR) is 187 cm³/mol. The van der Waals surface area contributed by atoms with Gasteiger partial charge in [-0.2, -0.15) is 0 Å². The molecule has 7 nitrogen and oxygen atoms in total. The fourth-order valence-corrected chi connectivity index (χ4v) is 6.63. The van der Waals surface area contributed by atoms with Crippen LogP contribution in [0.2, 0.25) is 0 Å². The number of aromatic nitrogens is 1. The lowest BCUT2D eigenvalue weighted by Crippen LogP contribution is -2.46. The molecule has 5 rings (SSSR count). The van der Waals surface area contributed by atoms with E-state index in [1.165, 1.54) is 12.1 Å². The van der Waals surface area contributed by atoms with Crippen LogP contribution in [0.5, 0.6) is 0 Å². The van der Waals surface area contributed by atoms with E-state index >= 15 is 4.39 Å². The molecule has 4 aromatic rings. The molecular formula is C40H46F2N2O5.